The van der Waals surface area contributed by atoms with E-state index in [1.54, 1.807) is 46.6 Å². The molecule has 0 radical (unpaired) electrons. The molecule has 2 heterocycles. The minimum Gasteiger partial charge on any atom is -0.332 e. The fraction of sp³-hybridized carbons (Fsp3) is 0.176. The van der Waals surface area contributed by atoms with Crippen molar-refractivity contribution >= 4 is 28.1 Å². The van der Waals surface area contributed by atoms with Gasteiger partial charge in [-0.3, -0.25) is 9.59 Å². The quantitative estimate of drug-likeness (QED) is 0.644. The summed E-state index contributed by atoms with van der Waals surface area (Å²) in [6.45, 7) is 4.44. The highest BCUT2D eigenvalue weighted by molar-refractivity contribution is 7.09. The maximum Gasteiger partial charge on any atom is 0.278 e. The van der Waals surface area contributed by atoms with E-state index in [9.17, 15) is 9.59 Å². The summed E-state index contributed by atoms with van der Waals surface area (Å²) in [5.41, 5.74) is 0.205. The molecular weight excluding hydrogens is 324 g/mol. The van der Waals surface area contributed by atoms with Crippen molar-refractivity contribution in [2.75, 3.05) is 6.54 Å². The van der Waals surface area contributed by atoms with Crippen LogP contribution >= 0.6 is 11.3 Å². The van der Waals surface area contributed by atoms with Gasteiger partial charge in [-0.25, -0.2) is 4.68 Å². The molecule has 0 aliphatic heterocycles. The van der Waals surface area contributed by atoms with Crippen LogP contribution in [0.1, 0.15) is 4.88 Å². The molecule has 0 bridgehead atoms. The van der Waals surface area contributed by atoms with Crippen LogP contribution in [0, 0.1) is 0 Å². The molecule has 0 aliphatic carbocycles. The molecule has 1 amide bonds. The first-order chi connectivity index (χ1) is 11.7. The monoisotopic (exact) mass is 340 g/mol. The van der Waals surface area contributed by atoms with Crippen molar-refractivity contribution in [3.8, 4) is 0 Å². The van der Waals surface area contributed by atoms with E-state index in [0.29, 0.717) is 24.0 Å². The van der Waals surface area contributed by atoms with Crippen LogP contribution in [0.5, 0.6) is 0 Å². The Hall–Kier alpha value is -2.80. The third kappa shape index (κ3) is 3.41. The topological polar surface area (TPSA) is 68.1 Å². The molecule has 3 aromatic rings. The summed E-state index contributed by atoms with van der Waals surface area (Å²) in [4.78, 5) is 27.7. The molecule has 24 heavy (non-hydrogen) atoms. The van der Waals surface area contributed by atoms with Crippen molar-refractivity contribution in [2.24, 2.45) is 0 Å². The Morgan fingerprint density at radius 3 is 2.88 bits per heavy atom. The molecule has 0 atom stereocenters. The van der Waals surface area contributed by atoms with E-state index in [4.69, 9.17) is 0 Å². The number of benzene rings is 1. The molecule has 3 rings (SSSR count). The Bertz CT molecular complexity index is 918. The van der Waals surface area contributed by atoms with Gasteiger partial charge in [-0.2, -0.15) is 0 Å². The molecule has 7 heteroatoms. The van der Waals surface area contributed by atoms with Gasteiger partial charge in [0, 0.05) is 11.4 Å². The molecule has 1 aromatic carbocycles. The van der Waals surface area contributed by atoms with Crippen LogP contribution in [0.2, 0.25) is 0 Å². The molecule has 0 saturated heterocycles. The number of hydrogen-bond donors (Lipinski definition) is 0. The maximum atomic E-state index is 12.6. The zero-order valence-corrected chi connectivity index (χ0v) is 13.8. The molecule has 0 aliphatic rings. The Balaban J connectivity index is 1.83. The molecule has 6 nitrogen and oxygen atoms in total. The Morgan fingerprint density at radius 1 is 1.29 bits per heavy atom. The second kappa shape index (κ2) is 7.18. The predicted octanol–water partition coefficient (Wildman–Crippen LogP) is 2.07. The van der Waals surface area contributed by atoms with E-state index in [2.05, 4.69) is 16.9 Å². The van der Waals surface area contributed by atoms with Crippen molar-refractivity contribution in [1.29, 1.82) is 0 Å². The second-order valence-electron chi connectivity index (χ2n) is 5.21. The SMILES string of the molecule is C=CCN(Cc1cccs1)C(=O)Cn1nnc2ccccc2c1=O. The summed E-state index contributed by atoms with van der Waals surface area (Å²) in [7, 11) is 0. The van der Waals surface area contributed by atoms with Crippen molar-refractivity contribution < 1.29 is 4.79 Å². The van der Waals surface area contributed by atoms with E-state index in [1.165, 1.54) is 0 Å². The van der Waals surface area contributed by atoms with E-state index in [0.717, 1.165) is 9.56 Å². The summed E-state index contributed by atoms with van der Waals surface area (Å²) >= 11 is 1.58. The van der Waals surface area contributed by atoms with Gasteiger partial charge in [0.25, 0.3) is 5.56 Å². The fourth-order valence-corrected chi connectivity index (χ4v) is 3.08. The highest BCUT2D eigenvalue weighted by Gasteiger charge is 2.16. The van der Waals surface area contributed by atoms with Gasteiger partial charge < -0.3 is 4.90 Å². The lowest BCUT2D eigenvalue weighted by Gasteiger charge is -2.20. The zero-order valence-electron chi connectivity index (χ0n) is 13.0. The van der Waals surface area contributed by atoms with Crippen LogP contribution in [0.25, 0.3) is 10.9 Å². The fourth-order valence-electron chi connectivity index (χ4n) is 2.36. The molecule has 0 unspecified atom stereocenters. The molecule has 0 N–H and O–H groups in total. The first kappa shape index (κ1) is 16.1. The molecule has 122 valence electrons. The second-order valence-corrected chi connectivity index (χ2v) is 6.24. The minimum atomic E-state index is -0.316. The molecule has 0 saturated carbocycles. The van der Waals surface area contributed by atoms with Crippen molar-refractivity contribution in [1.82, 2.24) is 19.9 Å². The van der Waals surface area contributed by atoms with Gasteiger partial charge in [-0.1, -0.05) is 29.5 Å². The number of aromatic nitrogens is 3. The molecule has 0 fully saturated rings. The number of carbonyl (C=O) groups is 1. The predicted molar refractivity (Wildman–Crippen MR) is 93.7 cm³/mol. The number of carbonyl (C=O) groups excluding carboxylic acids is 1. The third-order valence-electron chi connectivity index (χ3n) is 3.54. The Labute approximate surface area is 142 Å². The average molecular weight is 340 g/mol. The number of hydrogen-bond acceptors (Lipinski definition) is 5. The van der Waals surface area contributed by atoms with Gasteiger partial charge in [-0.05, 0) is 23.6 Å². The number of amides is 1. The van der Waals surface area contributed by atoms with E-state index < -0.39 is 0 Å². The largest absolute Gasteiger partial charge is 0.332 e. The Kier molecular flexibility index (Phi) is 4.81. The standard InChI is InChI=1S/C17H16N4O2S/c1-2-9-20(11-13-6-5-10-24-13)16(22)12-21-17(23)14-7-3-4-8-15(14)18-19-21/h2-8,10H,1,9,11-12H2. The van der Waals surface area contributed by atoms with Crippen LogP contribution in [0.3, 0.4) is 0 Å². The van der Waals surface area contributed by atoms with Crippen molar-refractivity contribution in [3.05, 3.63) is 69.7 Å². The first-order valence-corrected chi connectivity index (χ1v) is 8.30. The summed E-state index contributed by atoms with van der Waals surface area (Å²) < 4.78 is 1.11. The summed E-state index contributed by atoms with van der Waals surface area (Å²) in [6.07, 6.45) is 1.67. The Morgan fingerprint density at radius 2 is 2.12 bits per heavy atom. The molecule has 0 spiro atoms. The van der Waals surface area contributed by atoms with Crippen LogP contribution < -0.4 is 5.56 Å². The number of rotatable bonds is 6. The van der Waals surface area contributed by atoms with E-state index in [-0.39, 0.29) is 18.0 Å². The lowest BCUT2D eigenvalue weighted by atomic mass is 10.2. The van der Waals surface area contributed by atoms with Gasteiger partial charge >= 0.3 is 0 Å². The van der Waals surface area contributed by atoms with Gasteiger partial charge in [0.15, 0.2) is 0 Å². The van der Waals surface area contributed by atoms with Crippen LogP contribution in [-0.2, 0) is 17.9 Å². The van der Waals surface area contributed by atoms with Crippen LogP contribution in [-0.4, -0.2) is 32.3 Å². The normalized spacial score (nSPS) is 10.7. The number of thiophene rings is 1. The van der Waals surface area contributed by atoms with Crippen LogP contribution in [0.15, 0.2) is 59.2 Å². The minimum absolute atomic E-state index is 0.143. The zero-order chi connectivity index (χ0) is 16.9. The van der Waals surface area contributed by atoms with E-state index in [1.807, 2.05) is 17.5 Å². The summed E-state index contributed by atoms with van der Waals surface area (Å²) in [5, 5.41) is 10.3. The summed E-state index contributed by atoms with van der Waals surface area (Å²) in [5.74, 6) is -0.199. The number of nitrogens with zero attached hydrogens (tertiary/aromatic N) is 4. The molecular formula is C17H16N4O2S. The van der Waals surface area contributed by atoms with Gasteiger partial charge in [-0.15, -0.1) is 23.0 Å². The lowest BCUT2D eigenvalue weighted by molar-refractivity contribution is -0.132. The van der Waals surface area contributed by atoms with Gasteiger partial charge in [0.2, 0.25) is 5.91 Å². The summed E-state index contributed by atoms with van der Waals surface area (Å²) in [6, 6.07) is 10.9. The smallest absolute Gasteiger partial charge is 0.278 e. The average Bonchev–Trinajstić information content (AvgIpc) is 3.10. The third-order valence-corrected chi connectivity index (χ3v) is 4.40. The van der Waals surface area contributed by atoms with E-state index >= 15 is 0 Å². The highest BCUT2D eigenvalue weighted by atomic mass is 32.1. The van der Waals surface area contributed by atoms with Gasteiger partial charge in [0.05, 0.1) is 11.9 Å². The van der Waals surface area contributed by atoms with Gasteiger partial charge in [0.1, 0.15) is 12.1 Å². The highest BCUT2D eigenvalue weighted by Crippen LogP contribution is 2.12. The first-order valence-electron chi connectivity index (χ1n) is 7.42. The van der Waals surface area contributed by atoms with Crippen molar-refractivity contribution in [3.63, 3.8) is 0 Å². The maximum absolute atomic E-state index is 12.6. The number of fused-ring (bicyclic) bond motifs is 1. The molecule has 2 aromatic heterocycles. The van der Waals surface area contributed by atoms with Crippen molar-refractivity contribution in [2.45, 2.75) is 13.1 Å². The van der Waals surface area contributed by atoms with Crippen LogP contribution in [0.4, 0.5) is 0 Å². The lowest BCUT2D eigenvalue weighted by Crippen LogP contribution is -2.37.